The van der Waals surface area contributed by atoms with E-state index >= 15 is 0 Å². The Kier molecular flexibility index (Phi) is 5.88. The maximum Gasteiger partial charge on any atom is 0.319 e. The van der Waals surface area contributed by atoms with Gasteiger partial charge in [0.25, 0.3) is 10.0 Å². The molecular formula is C22H20N4O3S2. The molecule has 0 aliphatic rings. The molecule has 4 aromatic rings. The highest BCUT2D eigenvalue weighted by Crippen LogP contribution is 2.30. The average molecular weight is 453 g/mol. The van der Waals surface area contributed by atoms with Gasteiger partial charge in [-0.15, -0.1) is 0 Å². The second-order valence-electron chi connectivity index (χ2n) is 6.91. The second kappa shape index (κ2) is 8.75. The number of nitrogens with zero attached hydrogens (tertiary/aromatic N) is 1. The van der Waals surface area contributed by atoms with Gasteiger partial charge in [0.2, 0.25) is 0 Å². The molecule has 0 bridgehead atoms. The van der Waals surface area contributed by atoms with Crippen LogP contribution in [-0.2, 0) is 16.6 Å². The number of sulfonamides is 1. The predicted molar refractivity (Wildman–Crippen MR) is 124 cm³/mol. The Bertz CT molecular complexity index is 1320. The van der Waals surface area contributed by atoms with Gasteiger partial charge in [0.1, 0.15) is 0 Å². The standard InChI is InChI=1S/C22H20N4O3S2/c1-15-7-10-18(11-8-15)31(28,29)26-22-25-19-12-9-17(13-20(19)30-22)24-21(27)23-14-16-5-3-2-4-6-16/h2-13H,14H2,1H3,(H,25,26)(H2,23,24,27). The molecule has 3 N–H and O–H groups in total. The highest BCUT2D eigenvalue weighted by atomic mass is 32.2. The van der Waals surface area contributed by atoms with Crippen molar-refractivity contribution in [3.63, 3.8) is 0 Å². The molecule has 0 aliphatic heterocycles. The van der Waals surface area contributed by atoms with Crippen molar-refractivity contribution in [3.05, 3.63) is 83.9 Å². The van der Waals surface area contributed by atoms with Gasteiger partial charge in [-0.3, -0.25) is 4.72 Å². The first kappa shape index (κ1) is 20.8. The third kappa shape index (κ3) is 5.19. The number of amides is 2. The van der Waals surface area contributed by atoms with Gasteiger partial charge in [-0.2, -0.15) is 0 Å². The summed E-state index contributed by atoms with van der Waals surface area (Å²) in [5.41, 5.74) is 3.21. The van der Waals surface area contributed by atoms with Crippen LogP contribution in [0.15, 0.2) is 77.7 Å². The fourth-order valence-electron chi connectivity index (χ4n) is 2.89. The van der Waals surface area contributed by atoms with Gasteiger partial charge >= 0.3 is 6.03 Å². The number of nitrogens with one attached hydrogen (secondary N) is 3. The molecular weight excluding hydrogens is 432 g/mol. The van der Waals surface area contributed by atoms with Crippen molar-refractivity contribution in [1.82, 2.24) is 10.3 Å². The van der Waals surface area contributed by atoms with Gasteiger partial charge in [0.15, 0.2) is 5.13 Å². The monoisotopic (exact) mass is 452 g/mol. The van der Waals surface area contributed by atoms with E-state index in [9.17, 15) is 13.2 Å². The number of carbonyl (C=O) groups excluding carboxylic acids is 1. The SMILES string of the molecule is Cc1ccc(S(=O)(=O)Nc2nc3ccc(NC(=O)NCc4ccccc4)cc3s2)cc1. The molecule has 2 amide bonds. The van der Waals surface area contributed by atoms with Crippen molar-refractivity contribution < 1.29 is 13.2 Å². The number of anilines is 2. The minimum absolute atomic E-state index is 0.176. The number of hydrogen-bond acceptors (Lipinski definition) is 5. The third-order valence-corrected chi connectivity index (χ3v) is 6.91. The molecule has 1 aromatic heterocycles. The molecule has 0 saturated carbocycles. The number of aryl methyl sites for hydroxylation is 1. The summed E-state index contributed by atoms with van der Waals surface area (Å²) in [6, 6.07) is 21.1. The van der Waals surface area contributed by atoms with Gasteiger partial charge in [-0.1, -0.05) is 59.4 Å². The number of benzene rings is 3. The van der Waals surface area contributed by atoms with Crippen LogP contribution in [-0.4, -0.2) is 19.4 Å². The van der Waals surface area contributed by atoms with Gasteiger partial charge in [-0.05, 0) is 42.8 Å². The Balaban J connectivity index is 1.44. The van der Waals surface area contributed by atoms with E-state index in [4.69, 9.17) is 0 Å². The van der Waals surface area contributed by atoms with Crippen molar-refractivity contribution >= 4 is 48.4 Å². The summed E-state index contributed by atoms with van der Waals surface area (Å²) in [7, 11) is -3.72. The molecule has 0 aliphatic carbocycles. The van der Waals surface area contributed by atoms with Crippen LogP contribution in [0.5, 0.6) is 0 Å². The maximum absolute atomic E-state index is 12.6. The number of fused-ring (bicyclic) bond motifs is 1. The Labute approximate surface area is 184 Å². The Hall–Kier alpha value is -3.43. The Morgan fingerprint density at radius 1 is 1.00 bits per heavy atom. The molecule has 0 radical (unpaired) electrons. The van der Waals surface area contributed by atoms with E-state index in [1.54, 1.807) is 42.5 Å². The first-order valence-corrected chi connectivity index (χ1v) is 11.8. The normalized spacial score (nSPS) is 11.3. The van der Waals surface area contributed by atoms with Crippen molar-refractivity contribution in [2.75, 3.05) is 10.0 Å². The highest BCUT2D eigenvalue weighted by molar-refractivity contribution is 7.93. The van der Waals surface area contributed by atoms with Gasteiger partial charge in [0, 0.05) is 12.2 Å². The van der Waals surface area contributed by atoms with Crippen molar-refractivity contribution in [2.45, 2.75) is 18.4 Å². The van der Waals surface area contributed by atoms with E-state index in [0.717, 1.165) is 15.8 Å². The van der Waals surface area contributed by atoms with Gasteiger partial charge < -0.3 is 10.6 Å². The van der Waals surface area contributed by atoms with E-state index in [0.29, 0.717) is 17.7 Å². The van der Waals surface area contributed by atoms with E-state index < -0.39 is 10.0 Å². The van der Waals surface area contributed by atoms with E-state index in [1.807, 2.05) is 37.3 Å². The molecule has 0 spiro atoms. The lowest BCUT2D eigenvalue weighted by atomic mass is 10.2. The van der Waals surface area contributed by atoms with Crippen LogP contribution in [0.2, 0.25) is 0 Å². The largest absolute Gasteiger partial charge is 0.334 e. The molecule has 0 atom stereocenters. The lowest BCUT2D eigenvalue weighted by molar-refractivity contribution is 0.251. The number of rotatable bonds is 6. The van der Waals surface area contributed by atoms with Crippen molar-refractivity contribution in [3.8, 4) is 0 Å². The predicted octanol–water partition coefficient (Wildman–Crippen LogP) is 4.73. The van der Waals surface area contributed by atoms with Crippen LogP contribution in [0.25, 0.3) is 10.2 Å². The molecule has 0 fully saturated rings. The lowest BCUT2D eigenvalue weighted by Crippen LogP contribution is -2.28. The van der Waals surface area contributed by atoms with Crippen molar-refractivity contribution in [2.24, 2.45) is 0 Å². The second-order valence-corrected chi connectivity index (χ2v) is 9.63. The Morgan fingerprint density at radius 3 is 2.48 bits per heavy atom. The fourth-order valence-corrected chi connectivity index (χ4v) is 5.03. The molecule has 7 nitrogen and oxygen atoms in total. The summed E-state index contributed by atoms with van der Waals surface area (Å²) in [6.45, 7) is 2.31. The van der Waals surface area contributed by atoms with Crippen LogP contribution >= 0.6 is 11.3 Å². The zero-order chi connectivity index (χ0) is 21.8. The number of thiazole rings is 1. The van der Waals surface area contributed by atoms with Crippen LogP contribution in [0, 0.1) is 6.92 Å². The number of urea groups is 1. The van der Waals surface area contributed by atoms with E-state index in [-0.39, 0.29) is 16.1 Å². The minimum Gasteiger partial charge on any atom is -0.334 e. The van der Waals surface area contributed by atoms with Crippen LogP contribution < -0.4 is 15.4 Å². The molecule has 0 saturated heterocycles. The first-order valence-electron chi connectivity index (χ1n) is 9.48. The quantitative estimate of drug-likeness (QED) is 0.394. The Morgan fingerprint density at radius 2 is 1.74 bits per heavy atom. The molecule has 3 aromatic carbocycles. The number of hydrogen-bond donors (Lipinski definition) is 3. The molecule has 158 valence electrons. The summed E-state index contributed by atoms with van der Waals surface area (Å²) in [5, 5.41) is 5.85. The molecule has 31 heavy (non-hydrogen) atoms. The number of carbonyl (C=O) groups is 1. The smallest absolute Gasteiger partial charge is 0.319 e. The lowest BCUT2D eigenvalue weighted by Gasteiger charge is -2.07. The van der Waals surface area contributed by atoms with Crippen LogP contribution in [0.1, 0.15) is 11.1 Å². The summed E-state index contributed by atoms with van der Waals surface area (Å²) in [6.07, 6.45) is 0. The highest BCUT2D eigenvalue weighted by Gasteiger charge is 2.16. The molecule has 0 unspecified atom stereocenters. The van der Waals surface area contributed by atoms with E-state index in [2.05, 4.69) is 20.3 Å². The third-order valence-electron chi connectivity index (χ3n) is 4.50. The average Bonchev–Trinajstić information content (AvgIpc) is 3.14. The first-order chi connectivity index (χ1) is 14.9. The van der Waals surface area contributed by atoms with Gasteiger partial charge in [0.05, 0.1) is 15.1 Å². The topological polar surface area (TPSA) is 100 Å². The molecule has 9 heteroatoms. The zero-order valence-electron chi connectivity index (χ0n) is 16.6. The minimum atomic E-state index is -3.72. The summed E-state index contributed by atoms with van der Waals surface area (Å²) >= 11 is 1.20. The summed E-state index contributed by atoms with van der Waals surface area (Å²) in [4.78, 5) is 16.7. The fraction of sp³-hybridized carbons (Fsp3) is 0.0909. The molecule has 4 rings (SSSR count). The van der Waals surface area contributed by atoms with E-state index in [1.165, 1.54) is 11.3 Å². The van der Waals surface area contributed by atoms with Gasteiger partial charge in [-0.25, -0.2) is 18.2 Å². The summed E-state index contributed by atoms with van der Waals surface area (Å²) < 4.78 is 28.4. The number of aromatic nitrogens is 1. The summed E-state index contributed by atoms with van der Waals surface area (Å²) in [5.74, 6) is 0. The zero-order valence-corrected chi connectivity index (χ0v) is 18.3. The van der Waals surface area contributed by atoms with Crippen molar-refractivity contribution in [1.29, 1.82) is 0 Å². The maximum atomic E-state index is 12.6. The van der Waals surface area contributed by atoms with Crippen LogP contribution in [0.4, 0.5) is 15.6 Å². The van der Waals surface area contributed by atoms with Crippen LogP contribution in [0.3, 0.4) is 0 Å². The molecule has 1 heterocycles.